The van der Waals surface area contributed by atoms with Crippen LogP contribution in [0.4, 0.5) is 19.4 Å². The predicted molar refractivity (Wildman–Crippen MR) is 159 cm³/mol. The summed E-state index contributed by atoms with van der Waals surface area (Å²) < 4.78 is 37.4. The second kappa shape index (κ2) is 11.5. The van der Waals surface area contributed by atoms with Crippen molar-refractivity contribution in [1.82, 2.24) is 29.8 Å². The Labute approximate surface area is 248 Å². The third-order valence-electron chi connectivity index (χ3n) is 8.01. The number of hydrogen-bond acceptors (Lipinski definition) is 5. The lowest BCUT2D eigenvalue weighted by molar-refractivity contribution is 0.246. The number of aromatic nitrogens is 4. The fourth-order valence-electron chi connectivity index (χ4n) is 5.72. The fraction of sp³-hybridized carbons (Fsp3) is 0.281. The number of anilines is 1. The zero-order valence-corrected chi connectivity index (χ0v) is 24.4. The monoisotopic (exact) mass is 585 g/mol. The van der Waals surface area contributed by atoms with Gasteiger partial charge in [-0.3, -0.25) is 14.9 Å². The molecule has 222 valence electrons. The summed E-state index contributed by atoms with van der Waals surface area (Å²) in [6.45, 7) is 7.37. The van der Waals surface area contributed by atoms with Gasteiger partial charge in [-0.1, -0.05) is 24.3 Å². The molecule has 2 aromatic carbocycles. The molecular weight excluding hydrogens is 552 g/mol. The van der Waals surface area contributed by atoms with Crippen molar-refractivity contribution in [2.75, 3.05) is 18.4 Å². The highest BCUT2D eigenvalue weighted by Crippen LogP contribution is 2.32. The van der Waals surface area contributed by atoms with E-state index in [2.05, 4.69) is 20.6 Å². The maximum absolute atomic E-state index is 14.3. The van der Waals surface area contributed by atoms with E-state index in [0.29, 0.717) is 36.7 Å². The number of likely N-dealkylation sites (tertiary alicyclic amines) is 1. The lowest BCUT2D eigenvalue weighted by Crippen LogP contribution is -2.42. The summed E-state index contributed by atoms with van der Waals surface area (Å²) in [4.78, 5) is 15.8. The molecule has 2 atom stereocenters. The Hall–Kier alpha value is -4.77. The van der Waals surface area contributed by atoms with Gasteiger partial charge in [-0.25, -0.2) is 18.3 Å². The SMILES string of the molecule is Cc1cc(CN2C[C@@H](NC(=O)Nc3c(C)c(-c4cnn(C)c4)nn3-c3ccccc3)[C@H](c3ccc(F)c(F)c3)C2)oc1C. The van der Waals surface area contributed by atoms with Crippen molar-refractivity contribution in [2.45, 2.75) is 39.3 Å². The Morgan fingerprint density at radius 3 is 2.51 bits per heavy atom. The summed E-state index contributed by atoms with van der Waals surface area (Å²) in [6, 6.07) is 14.7. The molecule has 1 fully saturated rings. The van der Waals surface area contributed by atoms with Crippen molar-refractivity contribution in [3.05, 3.63) is 107 Å². The van der Waals surface area contributed by atoms with Gasteiger partial charge in [-0.15, -0.1) is 0 Å². The number of benzene rings is 2. The number of rotatable bonds is 7. The van der Waals surface area contributed by atoms with E-state index in [1.807, 2.05) is 70.4 Å². The normalized spacial score (nSPS) is 17.0. The first-order chi connectivity index (χ1) is 20.7. The standard InChI is InChI=1S/C32H33F2N7O2/c1-19-12-25(43-21(19)3)16-40-17-26(22-10-11-27(33)28(34)13-22)29(18-40)36-32(42)37-31-20(2)30(23-14-35-39(4)15-23)38-41(31)24-8-6-5-7-9-24/h5-15,26,29H,16-18H2,1-4H3,(H2,36,37,42)/t26-,29+/m0/s1. The van der Waals surface area contributed by atoms with E-state index in [9.17, 15) is 13.6 Å². The summed E-state index contributed by atoms with van der Waals surface area (Å²) >= 11 is 0. The minimum absolute atomic E-state index is 0.274. The maximum Gasteiger partial charge on any atom is 0.320 e. The van der Waals surface area contributed by atoms with Gasteiger partial charge in [0.15, 0.2) is 11.6 Å². The molecule has 2 amide bonds. The molecule has 0 spiro atoms. The van der Waals surface area contributed by atoms with Gasteiger partial charge < -0.3 is 9.73 Å². The quantitative estimate of drug-likeness (QED) is 0.250. The molecule has 43 heavy (non-hydrogen) atoms. The fourth-order valence-corrected chi connectivity index (χ4v) is 5.72. The van der Waals surface area contributed by atoms with Gasteiger partial charge in [-0.2, -0.15) is 10.2 Å². The van der Waals surface area contributed by atoms with Crippen LogP contribution < -0.4 is 10.6 Å². The first-order valence-corrected chi connectivity index (χ1v) is 14.1. The molecule has 5 aromatic rings. The van der Waals surface area contributed by atoms with Gasteiger partial charge in [0.2, 0.25) is 0 Å². The largest absolute Gasteiger partial charge is 0.465 e. The van der Waals surface area contributed by atoms with Crippen LogP contribution in [0.15, 0.2) is 71.4 Å². The summed E-state index contributed by atoms with van der Waals surface area (Å²) in [5.74, 6) is 0.0940. The van der Waals surface area contributed by atoms with Crippen LogP contribution in [0.1, 0.15) is 34.1 Å². The van der Waals surface area contributed by atoms with Crippen LogP contribution in [0.5, 0.6) is 0 Å². The molecule has 0 saturated carbocycles. The first kappa shape index (κ1) is 28.4. The topological polar surface area (TPSA) is 93.2 Å². The number of para-hydroxylation sites is 1. The highest BCUT2D eigenvalue weighted by atomic mass is 19.2. The molecule has 3 aromatic heterocycles. The lowest BCUT2D eigenvalue weighted by Gasteiger charge is -2.21. The number of nitrogens with zero attached hydrogens (tertiary/aromatic N) is 5. The highest BCUT2D eigenvalue weighted by Gasteiger charge is 2.36. The van der Waals surface area contributed by atoms with Crippen molar-refractivity contribution in [1.29, 1.82) is 0 Å². The molecular formula is C32H33F2N7O2. The molecule has 0 radical (unpaired) electrons. The third-order valence-corrected chi connectivity index (χ3v) is 8.01. The number of aryl methyl sites for hydroxylation is 3. The van der Waals surface area contributed by atoms with E-state index in [0.717, 1.165) is 40.0 Å². The van der Waals surface area contributed by atoms with Gasteiger partial charge in [0.25, 0.3) is 0 Å². The number of carbonyl (C=O) groups excluding carboxylic acids is 1. The molecule has 11 heteroatoms. The van der Waals surface area contributed by atoms with Crippen LogP contribution in [0.25, 0.3) is 16.9 Å². The van der Waals surface area contributed by atoms with E-state index >= 15 is 0 Å². The smallest absolute Gasteiger partial charge is 0.320 e. The minimum atomic E-state index is -0.915. The predicted octanol–water partition coefficient (Wildman–Crippen LogP) is 5.86. The Bertz CT molecular complexity index is 1760. The summed E-state index contributed by atoms with van der Waals surface area (Å²) in [7, 11) is 1.84. The summed E-state index contributed by atoms with van der Waals surface area (Å²) in [6.07, 6.45) is 3.60. The second-order valence-electron chi connectivity index (χ2n) is 11.1. The van der Waals surface area contributed by atoms with E-state index in [-0.39, 0.29) is 12.0 Å². The zero-order chi connectivity index (χ0) is 30.2. The van der Waals surface area contributed by atoms with Gasteiger partial charge in [0.1, 0.15) is 23.0 Å². The molecule has 1 aliphatic rings. The van der Waals surface area contributed by atoms with Crippen LogP contribution in [-0.2, 0) is 13.6 Å². The van der Waals surface area contributed by atoms with Crippen LogP contribution in [0.2, 0.25) is 0 Å². The van der Waals surface area contributed by atoms with Crippen LogP contribution in [0.3, 0.4) is 0 Å². The molecule has 4 heterocycles. The number of amides is 2. The first-order valence-electron chi connectivity index (χ1n) is 14.1. The molecule has 1 aliphatic heterocycles. The van der Waals surface area contributed by atoms with Crippen LogP contribution >= 0.6 is 0 Å². The van der Waals surface area contributed by atoms with Crippen molar-refractivity contribution >= 4 is 11.8 Å². The van der Waals surface area contributed by atoms with Crippen LogP contribution in [-0.4, -0.2) is 49.6 Å². The molecule has 6 rings (SSSR count). The molecule has 9 nitrogen and oxygen atoms in total. The Kier molecular flexibility index (Phi) is 7.57. The molecule has 0 aliphatic carbocycles. The van der Waals surface area contributed by atoms with E-state index in [4.69, 9.17) is 9.52 Å². The van der Waals surface area contributed by atoms with Crippen molar-refractivity contribution < 1.29 is 18.0 Å². The lowest BCUT2D eigenvalue weighted by atomic mass is 9.94. The van der Waals surface area contributed by atoms with Gasteiger partial charge in [-0.05, 0) is 62.2 Å². The second-order valence-corrected chi connectivity index (χ2v) is 11.1. The number of halogens is 2. The number of urea groups is 1. The van der Waals surface area contributed by atoms with Crippen molar-refractivity contribution in [3.63, 3.8) is 0 Å². The van der Waals surface area contributed by atoms with Gasteiger partial charge in [0.05, 0.1) is 24.5 Å². The minimum Gasteiger partial charge on any atom is -0.465 e. The maximum atomic E-state index is 14.3. The number of hydrogen-bond donors (Lipinski definition) is 2. The van der Waals surface area contributed by atoms with Crippen molar-refractivity contribution in [3.8, 4) is 16.9 Å². The Morgan fingerprint density at radius 1 is 1.05 bits per heavy atom. The van der Waals surface area contributed by atoms with E-state index in [1.165, 1.54) is 6.07 Å². The van der Waals surface area contributed by atoms with Crippen LogP contribution in [0, 0.1) is 32.4 Å². The third kappa shape index (κ3) is 5.80. The van der Waals surface area contributed by atoms with E-state index in [1.54, 1.807) is 21.6 Å². The Morgan fingerprint density at radius 2 is 1.84 bits per heavy atom. The molecule has 0 bridgehead atoms. The van der Waals surface area contributed by atoms with Crippen molar-refractivity contribution in [2.24, 2.45) is 7.05 Å². The average molecular weight is 586 g/mol. The highest BCUT2D eigenvalue weighted by molar-refractivity contribution is 5.91. The average Bonchev–Trinajstić information content (AvgIpc) is 3.74. The number of furan rings is 1. The van der Waals surface area contributed by atoms with E-state index < -0.39 is 17.7 Å². The number of nitrogens with one attached hydrogen (secondary N) is 2. The molecule has 1 saturated heterocycles. The summed E-state index contributed by atoms with van der Waals surface area (Å²) in [5.41, 5.74) is 4.77. The van der Waals surface area contributed by atoms with Gasteiger partial charge >= 0.3 is 6.03 Å². The number of carbonyl (C=O) groups is 1. The molecule has 0 unspecified atom stereocenters. The molecule has 2 N–H and O–H groups in total. The Balaban J connectivity index is 1.28. The zero-order valence-electron chi connectivity index (χ0n) is 24.4. The summed E-state index contributed by atoms with van der Waals surface area (Å²) in [5, 5.41) is 15.2. The van der Waals surface area contributed by atoms with Gasteiger partial charge in [0, 0.05) is 43.4 Å².